The second kappa shape index (κ2) is 10.3. The minimum atomic E-state index is -3.47. The Hall–Kier alpha value is -1.49. The summed E-state index contributed by atoms with van der Waals surface area (Å²) in [5.74, 6) is -0.313. The molecule has 0 saturated carbocycles. The van der Waals surface area contributed by atoms with Crippen molar-refractivity contribution in [1.29, 1.82) is 0 Å². The molecule has 10 heteroatoms. The molecule has 2 amide bonds. The Labute approximate surface area is 175 Å². The van der Waals surface area contributed by atoms with Crippen molar-refractivity contribution in [1.82, 2.24) is 18.8 Å². The van der Waals surface area contributed by atoms with Crippen molar-refractivity contribution in [2.45, 2.75) is 20.3 Å². The fourth-order valence-electron chi connectivity index (χ4n) is 3.03. The van der Waals surface area contributed by atoms with Gasteiger partial charge in [-0.1, -0.05) is 29.8 Å². The molecule has 0 spiro atoms. The van der Waals surface area contributed by atoms with Crippen LogP contribution in [0.15, 0.2) is 28.7 Å². The summed E-state index contributed by atoms with van der Waals surface area (Å²) in [5.41, 5.74) is 0.533. The first-order valence-electron chi connectivity index (χ1n) is 9.36. The van der Waals surface area contributed by atoms with E-state index >= 15 is 0 Å². The number of benzene rings is 1. The van der Waals surface area contributed by atoms with Crippen molar-refractivity contribution >= 4 is 38.0 Å². The van der Waals surface area contributed by atoms with Crippen LogP contribution in [0.25, 0.3) is 0 Å². The van der Waals surface area contributed by atoms with E-state index in [1.807, 2.05) is 13.8 Å². The molecule has 1 fully saturated rings. The molecule has 1 saturated heterocycles. The first kappa shape index (κ1) is 22.8. The van der Waals surface area contributed by atoms with Crippen molar-refractivity contribution in [2.24, 2.45) is 0 Å². The maximum Gasteiger partial charge on any atom is 0.282 e. The van der Waals surface area contributed by atoms with Crippen LogP contribution in [0.2, 0.25) is 0 Å². The Morgan fingerprint density at radius 2 is 1.64 bits per heavy atom. The summed E-state index contributed by atoms with van der Waals surface area (Å²) in [6.07, 6.45) is 0.186. The summed E-state index contributed by atoms with van der Waals surface area (Å²) in [5, 5.41) is 2.74. The van der Waals surface area contributed by atoms with E-state index in [0.717, 1.165) is 4.47 Å². The average Bonchev–Trinajstić information content (AvgIpc) is 2.69. The molecule has 0 unspecified atom stereocenters. The quantitative estimate of drug-likeness (QED) is 0.614. The first-order valence-corrected chi connectivity index (χ1v) is 11.5. The Morgan fingerprint density at radius 3 is 2.18 bits per heavy atom. The molecule has 1 aromatic carbocycles. The van der Waals surface area contributed by atoms with Crippen LogP contribution in [-0.4, -0.2) is 79.6 Å². The summed E-state index contributed by atoms with van der Waals surface area (Å²) < 4.78 is 28.8. The summed E-state index contributed by atoms with van der Waals surface area (Å²) in [6.45, 7) is 6.01. The van der Waals surface area contributed by atoms with Crippen molar-refractivity contribution < 1.29 is 18.0 Å². The third-order valence-corrected chi connectivity index (χ3v) is 7.40. The van der Waals surface area contributed by atoms with Gasteiger partial charge in [-0.2, -0.15) is 17.0 Å². The van der Waals surface area contributed by atoms with Crippen LogP contribution < -0.4 is 5.32 Å². The zero-order valence-corrected chi connectivity index (χ0v) is 18.6. The second-order valence-corrected chi connectivity index (χ2v) is 9.23. The number of amides is 2. The number of piperazine rings is 1. The highest BCUT2D eigenvalue weighted by atomic mass is 79.9. The number of carbonyl (C=O) groups excluding carboxylic acids is 2. The summed E-state index contributed by atoms with van der Waals surface area (Å²) in [6, 6.07) is 6.98. The predicted molar refractivity (Wildman–Crippen MR) is 111 cm³/mol. The predicted octanol–water partition coefficient (Wildman–Crippen LogP) is 1.30. The molecular weight excluding hydrogens is 448 g/mol. The number of nitrogens with zero attached hydrogens (tertiary/aromatic N) is 3. The lowest BCUT2D eigenvalue weighted by Gasteiger charge is -2.36. The van der Waals surface area contributed by atoms with E-state index in [4.69, 9.17) is 0 Å². The van der Waals surface area contributed by atoms with Crippen molar-refractivity contribution in [2.75, 3.05) is 45.8 Å². The van der Waals surface area contributed by atoms with E-state index in [-0.39, 0.29) is 37.9 Å². The normalized spacial score (nSPS) is 15.6. The van der Waals surface area contributed by atoms with Crippen LogP contribution in [0.5, 0.6) is 0 Å². The van der Waals surface area contributed by atoms with E-state index in [2.05, 4.69) is 21.2 Å². The molecule has 28 heavy (non-hydrogen) atoms. The van der Waals surface area contributed by atoms with Crippen molar-refractivity contribution in [3.05, 3.63) is 34.3 Å². The highest BCUT2D eigenvalue weighted by Gasteiger charge is 2.31. The standard InChI is InChI=1S/C18H27BrN4O4S/c1-3-22(4-2)28(26,27)23-13-11-21(12-14-23)17(24)9-10-20-18(25)15-5-7-16(19)8-6-15/h5-8H,3-4,9-14H2,1-2H3,(H,20,25). The van der Waals surface area contributed by atoms with Crippen molar-refractivity contribution in [3.8, 4) is 0 Å². The summed E-state index contributed by atoms with van der Waals surface area (Å²) in [7, 11) is -3.47. The van der Waals surface area contributed by atoms with Gasteiger partial charge >= 0.3 is 0 Å². The minimum absolute atomic E-state index is 0.0870. The van der Waals surface area contributed by atoms with Gasteiger partial charge < -0.3 is 10.2 Å². The molecule has 1 aliphatic heterocycles. The van der Waals surface area contributed by atoms with Gasteiger partial charge in [0.05, 0.1) is 0 Å². The van der Waals surface area contributed by atoms with Crippen molar-refractivity contribution in [3.63, 3.8) is 0 Å². The zero-order chi connectivity index (χ0) is 20.7. The van der Waals surface area contributed by atoms with E-state index in [0.29, 0.717) is 31.7 Å². The van der Waals surface area contributed by atoms with Gasteiger partial charge in [-0.25, -0.2) is 0 Å². The van der Waals surface area contributed by atoms with Gasteiger partial charge in [-0.15, -0.1) is 0 Å². The van der Waals surface area contributed by atoms with E-state index in [9.17, 15) is 18.0 Å². The van der Waals surface area contributed by atoms with E-state index in [1.165, 1.54) is 8.61 Å². The number of hydrogen-bond acceptors (Lipinski definition) is 4. The molecular formula is C18H27BrN4O4S. The number of nitrogens with one attached hydrogen (secondary N) is 1. The molecule has 8 nitrogen and oxygen atoms in total. The lowest BCUT2D eigenvalue weighted by atomic mass is 10.2. The van der Waals surface area contributed by atoms with Gasteiger partial charge in [0.2, 0.25) is 5.91 Å². The molecule has 1 aliphatic rings. The van der Waals surface area contributed by atoms with Gasteiger partial charge in [0.1, 0.15) is 0 Å². The smallest absolute Gasteiger partial charge is 0.282 e. The molecule has 0 atom stereocenters. The highest BCUT2D eigenvalue weighted by Crippen LogP contribution is 2.13. The maximum atomic E-state index is 12.5. The monoisotopic (exact) mass is 474 g/mol. The SMILES string of the molecule is CCN(CC)S(=O)(=O)N1CCN(C(=O)CCNC(=O)c2ccc(Br)cc2)CC1. The molecule has 0 aromatic heterocycles. The van der Waals surface area contributed by atoms with Gasteiger partial charge in [0, 0.05) is 62.3 Å². The summed E-state index contributed by atoms with van der Waals surface area (Å²) >= 11 is 3.32. The van der Waals surface area contributed by atoms with E-state index < -0.39 is 10.2 Å². The topological polar surface area (TPSA) is 90.0 Å². The maximum absolute atomic E-state index is 12.5. The summed E-state index contributed by atoms with van der Waals surface area (Å²) in [4.78, 5) is 26.1. The molecule has 1 N–H and O–H groups in total. The van der Waals surface area contributed by atoms with E-state index in [1.54, 1.807) is 29.2 Å². The van der Waals surface area contributed by atoms with Crippen LogP contribution in [0.3, 0.4) is 0 Å². The Morgan fingerprint density at radius 1 is 1.07 bits per heavy atom. The molecule has 1 aromatic rings. The van der Waals surface area contributed by atoms with Crippen LogP contribution >= 0.6 is 15.9 Å². The van der Waals surface area contributed by atoms with Gasteiger partial charge in [-0.3, -0.25) is 9.59 Å². The minimum Gasteiger partial charge on any atom is -0.352 e. The Bertz CT molecular complexity index is 773. The van der Waals surface area contributed by atoms with Gasteiger partial charge in [0.15, 0.2) is 0 Å². The number of carbonyl (C=O) groups is 2. The number of rotatable bonds is 8. The molecule has 1 heterocycles. The van der Waals surface area contributed by atoms with Crippen LogP contribution in [0.1, 0.15) is 30.6 Å². The van der Waals surface area contributed by atoms with Gasteiger partial charge in [-0.05, 0) is 24.3 Å². The molecule has 156 valence electrons. The number of halogens is 1. The Kier molecular flexibility index (Phi) is 8.41. The number of hydrogen-bond donors (Lipinski definition) is 1. The highest BCUT2D eigenvalue weighted by molar-refractivity contribution is 9.10. The zero-order valence-electron chi connectivity index (χ0n) is 16.2. The third kappa shape index (κ3) is 5.76. The Balaban J connectivity index is 1.77. The van der Waals surface area contributed by atoms with Crippen LogP contribution in [0.4, 0.5) is 0 Å². The molecule has 0 radical (unpaired) electrons. The van der Waals surface area contributed by atoms with Crippen LogP contribution in [-0.2, 0) is 15.0 Å². The molecule has 2 rings (SSSR count). The lowest BCUT2D eigenvalue weighted by molar-refractivity contribution is -0.132. The molecule has 0 bridgehead atoms. The first-order chi connectivity index (χ1) is 13.3. The van der Waals surface area contributed by atoms with Crippen LogP contribution in [0, 0.1) is 0 Å². The average molecular weight is 475 g/mol. The fraction of sp³-hybridized carbons (Fsp3) is 0.556. The lowest BCUT2D eigenvalue weighted by Crippen LogP contribution is -2.54. The third-order valence-electron chi connectivity index (χ3n) is 4.68. The van der Waals surface area contributed by atoms with Gasteiger partial charge in [0.25, 0.3) is 16.1 Å². The second-order valence-electron chi connectivity index (χ2n) is 6.38. The largest absolute Gasteiger partial charge is 0.352 e. The molecule has 0 aliphatic carbocycles. The fourth-order valence-corrected chi connectivity index (χ4v) is 4.89.